The summed E-state index contributed by atoms with van der Waals surface area (Å²) < 4.78 is 136. The van der Waals surface area contributed by atoms with E-state index in [0.717, 1.165) is 40.5 Å². The minimum absolute atomic E-state index is 0. The number of hydrogen-bond acceptors (Lipinski definition) is 22. The number of carbonyl (C=O) groups is 8. The number of terminal acetylenes is 4. The fourth-order valence-electron chi connectivity index (χ4n) is 6.21. The van der Waals surface area contributed by atoms with Crippen LogP contribution in [0, 0.1) is 110 Å². The van der Waals surface area contributed by atoms with Gasteiger partial charge in [0.2, 0.25) is 31.2 Å². The molecule has 22 nitrogen and oxygen atoms in total. The molecule has 0 heterocycles. The molecule has 0 aliphatic heterocycles. The molecule has 0 aromatic carbocycles. The van der Waals surface area contributed by atoms with Gasteiger partial charge in [0.05, 0.1) is 31.5 Å². The molecule has 12 radical (unpaired) electrons. The Bertz CT molecular complexity index is 3780. The molecule has 0 aromatic heterocycles. The summed E-state index contributed by atoms with van der Waals surface area (Å²) in [7, 11) is -21.8. The number of rotatable bonds is 34. The van der Waals surface area contributed by atoms with E-state index >= 15 is 0 Å². The summed E-state index contributed by atoms with van der Waals surface area (Å²) in [6.45, 7) is 61.7. The predicted octanol–water partition coefficient (Wildman–Crippen LogP) is 13.0. The average molecular weight is 2900 g/mol. The van der Waals surface area contributed by atoms with E-state index < -0.39 is 102 Å². The molecule has 660 valence electrons. The second kappa shape index (κ2) is 126. The van der Waals surface area contributed by atoms with Crippen LogP contribution < -0.4 is 0 Å². The first-order valence-electron chi connectivity index (χ1n) is 33.6. The second-order valence-corrected chi connectivity index (χ2v) is 34.7. The van der Waals surface area contributed by atoms with E-state index in [2.05, 4.69) is 53.3 Å². The summed E-state index contributed by atoms with van der Waals surface area (Å²) in [6.07, 6.45) is 47.5. The van der Waals surface area contributed by atoms with Gasteiger partial charge in [0.15, 0.2) is 62.5 Å². The monoisotopic (exact) mass is 2900 g/mol. The summed E-state index contributed by atoms with van der Waals surface area (Å²) in [5, 5.41) is 0.407. The molecule has 0 spiro atoms. The van der Waals surface area contributed by atoms with Crippen molar-refractivity contribution in [2.24, 2.45) is 35.5 Å². The third-order valence-electron chi connectivity index (χ3n) is 14.4. The van der Waals surface area contributed by atoms with Crippen molar-refractivity contribution in [1.29, 1.82) is 0 Å². The number of allylic oxidation sites excluding steroid dienone is 14. The second-order valence-electron chi connectivity index (χ2n) is 21.6. The van der Waals surface area contributed by atoms with Crippen molar-refractivity contribution in [3.63, 3.8) is 0 Å². The van der Waals surface area contributed by atoms with Gasteiger partial charge in [-0.05, 0) is 118 Å². The van der Waals surface area contributed by atoms with E-state index in [1.165, 1.54) is 96.4 Å². The summed E-state index contributed by atoms with van der Waals surface area (Å²) in [5.74, 6) is 1.06. The molecule has 0 bridgehead atoms. The van der Waals surface area contributed by atoms with Gasteiger partial charge in [-0.15, -0.1) is 45.5 Å². The molecule has 6 unspecified atom stereocenters. The van der Waals surface area contributed by atoms with Crippen LogP contribution in [0.25, 0.3) is 0 Å². The van der Waals surface area contributed by atoms with Crippen molar-refractivity contribution in [1.82, 2.24) is 0 Å². The van der Waals surface area contributed by atoms with Gasteiger partial charge in [-0.2, -0.15) is 57.6 Å². The maximum Gasteiger partial charge on any atom is 3.00 e. The molecule has 0 aliphatic carbocycles. The number of Topliss-reactive ketones (excluding diaryl/α,β-unsaturated/α-hetero) is 2. The molecule has 0 rings (SSSR count). The van der Waals surface area contributed by atoms with E-state index in [0.29, 0.717) is 0 Å². The van der Waals surface area contributed by atoms with Gasteiger partial charge in [-0.3, -0.25) is 28.8 Å². The first-order valence-corrected chi connectivity index (χ1v) is 43.1. The quantitative estimate of drug-likeness (QED) is 0.0190. The normalized spacial score (nSPS) is 12.3. The summed E-state index contributed by atoms with van der Waals surface area (Å²) in [6, 6.07) is 0. The zero-order chi connectivity index (χ0) is 90.3. The third kappa shape index (κ3) is 109. The third-order valence-corrected chi connectivity index (χ3v) is 26.3. The zero-order valence-corrected chi connectivity index (χ0v) is 121. The topological polar surface area (TPSA) is 376 Å². The Morgan fingerprint density at radius 3 is 0.718 bits per heavy atom. The Labute approximate surface area is 1100 Å². The Balaban J connectivity index is -0.0000000358. The first kappa shape index (κ1) is 201. The molecule has 12 atom stereocenters. The number of carbonyl (C=O) groups excluding carboxylic acids is 10. The van der Waals surface area contributed by atoms with E-state index in [1.807, 2.05) is 32.6 Å². The van der Waals surface area contributed by atoms with Crippen molar-refractivity contribution in [2.45, 2.75) is 197 Å². The summed E-state index contributed by atoms with van der Waals surface area (Å²) >= 11 is 0. The molecular weight excluding hydrogens is 2770 g/mol. The van der Waals surface area contributed by atoms with Crippen molar-refractivity contribution in [3.8, 4) is 48.0 Å². The fraction of sp³-hybridized carbons (Fsp3) is 0.439. The molecule has 0 fully saturated rings. The van der Waals surface area contributed by atoms with Crippen LogP contribution in [-0.4, -0.2) is 141 Å². The van der Waals surface area contributed by atoms with Crippen molar-refractivity contribution in [3.05, 3.63) is 173 Å². The van der Waals surface area contributed by atoms with Crippen molar-refractivity contribution < 1.29 is 556 Å². The van der Waals surface area contributed by atoms with E-state index in [9.17, 15) is 93.7 Å². The van der Waals surface area contributed by atoms with Crippen LogP contribution in [0.2, 0.25) is 0 Å². The van der Waals surface area contributed by atoms with Gasteiger partial charge in [0, 0.05) is 472 Å². The van der Waals surface area contributed by atoms with Crippen molar-refractivity contribution >= 4 is 118 Å². The largest absolute Gasteiger partial charge is 3.00 e. The summed E-state index contributed by atoms with van der Waals surface area (Å²) in [4.78, 5) is 106. The predicted molar refractivity (Wildman–Crippen MR) is 453 cm³/mol. The number of ketones is 8. The van der Waals surface area contributed by atoms with Gasteiger partial charge >= 0.3 is 65.4 Å². The van der Waals surface area contributed by atoms with Gasteiger partial charge in [0.1, 0.15) is 0 Å². The smallest absolute Gasteiger partial charge is 0.419 e. The Hall–Kier alpha value is 6.71. The van der Waals surface area contributed by atoms with Crippen LogP contribution in [0.15, 0.2) is 146 Å². The molecule has 0 N–H and O–H groups in total. The van der Waals surface area contributed by atoms with Gasteiger partial charge in [-0.1, -0.05) is 113 Å². The van der Waals surface area contributed by atoms with Crippen LogP contribution in [0.3, 0.4) is 0 Å². The van der Waals surface area contributed by atoms with Crippen molar-refractivity contribution in [2.75, 3.05) is 0 Å². The Kier molecular flexibility index (Phi) is 203. The van der Waals surface area contributed by atoms with Crippen LogP contribution in [0.1, 0.15) is 165 Å². The van der Waals surface area contributed by atoms with Gasteiger partial charge in [0.25, 0.3) is 0 Å². The molecule has 0 amide bonds. The maximum absolute atomic E-state index is 11.6. The standard InChI is InChI=1S/C12H18O2.C10H18O4S2.C10H14O2.C10H10O2.C8H14O4S2.C8H10O4S2.C7H11O.C6H9O.C4H5O.C3H3O.2C2H5.14Y/c1-5-7-11(13)9(3)10(4)12(14)8-6-2;1-5-7-15(11,12)9(3)10(4)16(13,14)8-6-2;2*1-5-9(11)7(3)8(4)10(12)6-2;2*1-5-13(9,10)7(3)8(4)14(11,12)6-2;1-3-5-7(8)6-4-2;1-3-5-6(7)4-2;1-2-3-4-5;1-2-3-4;2*1-2;;;;;;;;;;;;;;/h5-10H,1-4H3;5-10H,1-4H3;5-8H,1-2H2,3-4H3;1-2,7-8H,3-4H3;5-8H,1-2H2,3-4H3;1-2,7-8H,3-4H3;3,5-6H,4H2,1-2H3;4-5H,2-3H2,1H3;2-3H,1H3;2H,1H2;2*1H2,2H3;;;;;;;;;;;;;;/q;;;;;;6*-1;;;;;;;;;;;;;2*+3/b2*7-5+,8-6+;;;;;5-3+;;3-2+;;;;;;;;;;;;;;;;;/t2*9-,10?;4*7-,8?;;;;;;;;;;;;;;;;;;;;/m000000..................../s1. The average Bonchev–Trinajstić information content (AvgIpc) is 0.835. The molecular formula is C82H122O22S6Y14. The maximum atomic E-state index is 11.6. The molecule has 0 saturated carbocycles. The SMILES string of the molecule is C#CC(=O)C(C)[C@H](C)C(=O)C#C.C#CS(=O)(=O)C(C)[C@H](C)S(=O)(=O)C#C.C/C=C/C(=O)C(C)[C@H](C)C(=O)/C=C/C.C/C=C/C(=O)[CH-]CC.C/C=C/S(=O)(=O)C(C)[C@H](C)S(=O)(=O)/C=C/C.C/C=C/[C-]=O.C=CC(=O)C(C)[C@H](C)C(=O)C=C.C=CC(=O)[CH-]CC.C=CS(=O)(=O)C(C)[C@H](C)S(=O)(=O)C=C.C=C[C-]=O.[CH2-]C.[CH2-]C.[Y+3].[Y+3].[Y].[Y].[Y].[Y].[Y].[Y].[Y].[Y].[Y].[Y].[Y].[Y]. The van der Waals surface area contributed by atoms with Crippen LogP contribution in [0.4, 0.5) is 0 Å². The van der Waals surface area contributed by atoms with Crippen LogP contribution in [0.5, 0.6) is 0 Å². The minimum Gasteiger partial charge on any atom is -0.419 e. The van der Waals surface area contributed by atoms with E-state index in [1.54, 1.807) is 150 Å². The first-order chi connectivity index (χ1) is 50.6. The van der Waals surface area contributed by atoms with E-state index in [4.69, 9.17) is 30.5 Å². The Morgan fingerprint density at radius 1 is 0.347 bits per heavy atom. The molecule has 42 heteroatoms. The van der Waals surface area contributed by atoms with Crippen LogP contribution >= 0.6 is 0 Å². The molecule has 124 heavy (non-hydrogen) atoms. The molecule has 0 aromatic rings. The zero-order valence-electron chi connectivity index (χ0n) is 76.4. The van der Waals surface area contributed by atoms with Gasteiger partial charge in [-0.25, -0.2) is 69.2 Å². The van der Waals surface area contributed by atoms with Crippen LogP contribution in [-0.2, 0) is 565 Å². The minimum atomic E-state index is -3.84. The fourth-order valence-corrected chi connectivity index (χ4v) is 14.4. The number of sulfone groups is 6. The van der Waals surface area contributed by atoms with E-state index in [-0.39, 0.29) is 528 Å². The Morgan fingerprint density at radius 2 is 0.573 bits per heavy atom. The molecule has 0 saturated heterocycles. The van der Waals surface area contributed by atoms with Gasteiger partial charge < -0.3 is 33.0 Å². The number of hydrogen-bond donors (Lipinski definition) is 0. The summed E-state index contributed by atoms with van der Waals surface area (Å²) in [5.41, 5.74) is 0. The molecule has 0 aliphatic rings.